The van der Waals surface area contributed by atoms with Gasteiger partial charge in [0.05, 0.1) is 10.0 Å². The van der Waals surface area contributed by atoms with Crippen molar-refractivity contribution in [2.45, 2.75) is 6.42 Å². The Kier molecular flexibility index (Phi) is 6.10. The number of carbonyl (C=O) groups excluding carboxylic acids is 1. The number of para-hydroxylation sites is 1. The minimum Gasteiger partial charge on any atom is -0.307 e. The first-order chi connectivity index (χ1) is 12.6. The molecule has 0 spiro atoms. The standard InChI is InChI=1S/C20H17Cl2N3O/c21-18-10-9-16(14-19(18)22)24-20(26)25(17-7-2-1-3-8-17)13-11-15-6-4-5-12-23-15/h1-10,12,14H,11,13H2,(H,24,26). The average Bonchev–Trinajstić information content (AvgIpc) is 2.67. The van der Waals surface area contributed by atoms with Crippen molar-refractivity contribution in [1.29, 1.82) is 0 Å². The van der Waals surface area contributed by atoms with Crippen molar-refractivity contribution < 1.29 is 4.79 Å². The molecule has 3 aromatic rings. The van der Waals surface area contributed by atoms with E-state index in [0.29, 0.717) is 28.7 Å². The Morgan fingerprint density at radius 1 is 0.962 bits per heavy atom. The van der Waals surface area contributed by atoms with Gasteiger partial charge in [0.1, 0.15) is 0 Å². The van der Waals surface area contributed by atoms with Crippen molar-refractivity contribution in [1.82, 2.24) is 4.98 Å². The van der Waals surface area contributed by atoms with Gasteiger partial charge in [-0.15, -0.1) is 0 Å². The monoisotopic (exact) mass is 385 g/mol. The number of amides is 2. The normalized spacial score (nSPS) is 10.4. The van der Waals surface area contributed by atoms with Crippen molar-refractivity contribution in [2.24, 2.45) is 0 Å². The number of carbonyl (C=O) groups is 1. The van der Waals surface area contributed by atoms with Crippen LogP contribution >= 0.6 is 23.2 Å². The molecule has 2 aromatic carbocycles. The van der Waals surface area contributed by atoms with E-state index < -0.39 is 0 Å². The third-order valence-electron chi connectivity index (χ3n) is 3.80. The lowest BCUT2D eigenvalue weighted by molar-refractivity contribution is 0.257. The summed E-state index contributed by atoms with van der Waals surface area (Å²) in [6.45, 7) is 0.494. The van der Waals surface area contributed by atoms with E-state index >= 15 is 0 Å². The maximum atomic E-state index is 12.8. The number of aromatic nitrogens is 1. The van der Waals surface area contributed by atoms with Gasteiger partial charge in [-0.3, -0.25) is 9.88 Å². The van der Waals surface area contributed by atoms with E-state index in [9.17, 15) is 4.79 Å². The Balaban J connectivity index is 1.77. The van der Waals surface area contributed by atoms with Gasteiger partial charge in [-0.05, 0) is 42.5 Å². The molecule has 0 aliphatic carbocycles. The van der Waals surface area contributed by atoms with Crippen LogP contribution in [0, 0.1) is 0 Å². The number of urea groups is 1. The number of nitrogens with one attached hydrogen (secondary N) is 1. The molecule has 2 amide bonds. The third-order valence-corrected chi connectivity index (χ3v) is 4.54. The Morgan fingerprint density at radius 2 is 1.73 bits per heavy atom. The molecule has 1 aromatic heterocycles. The summed E-state index contributed by atoms with van der Waals surface area (Å²) in [6.07, 6.45) is 2.39. The van der Waals surface area contributed by atoms with E-state index in [0.717, 1.165) is 11.4 Å². The summed E-state index contributed by atoms with van der Waals surface area (Å²) in [5.41, 5.74) is 2.32. The van der Waals surface area contributed by atoms with Crippen molar-refractivity contribution in [3.8, 4) is 0 Å². The first-order valence-electron chi connectivity index (χ1n) is 8.12. The molecular formula is C20H17Cl2N3O. The number of benzene rings is 2. The summed E-state index contributed by atoms with van der Waals surface area (Å²) in [6, 6.07) is 20.0. The van der Waals surface area contributed by atoms with E-state index in [2.05, 4.69) is 10.3 Å². The Hall–Kier alpha value is -2.56. The minimum absolute atomic E-state index is 0.245. The summed E-state index contributed by atoms with van der Waals surface area (Å²) in [4.78, 5) is 18.8. The molecule has 26 heavy (non-hydrogen) atoms. The molecule has 0 aliphatic rings. The van der Waals surface area contributed by atoms with Gasteiger partial charge < -0.3 is 5.32 Å². The number of anilines is 2. The molecular weight excluding hydrogens is 369 g/mol. The highest BCUT2D eigenvalue weighted by atomic mass is 35.5. The van der Waals surface area contributed by atoms with Crippen molar-refractivity contribution in [3.63, 3.8) is 0 Å². The highest BCUT2D eigenvalue weighted by Crippen LogP contribution is 2.25. The first-order valence-corrected chi connectivity index (χ1v) is 8.87. The summed E-state index contributed by atoms with van der Waals surface area (Å²) in [5.74, 6) is 0. The SMILES string of the molecule is O=C(Nc1ccc(Cl)c(Cl)c1)N(CCc1ccccn1)c1ccccc1. The second-order valence-electron chi connectivity index (χ2n) is 5.62. The Bertz CT molecular complexity index is 873. The molecule has 0 aliphatic heterocycles. The zero-order chi connectivity index (χ0) is 18.4. The van der Waals surface area contributed by atoms with Gasteiger partial charge in [0.2, 0.25) is 0 Å². The largest absolute Gasteiger partial charge is 0.326 e. The van der Waals surface area contributed by atoms with Crippen molar-refractivity contribution in [2.75, 3.05) is 16.8 Å². The second kappa shape index (κ2) is 8.70. The van der Waals surface area contributed by atoms with E-state index in [1.165, 1.54) is 0 Å². The fourth-order valence-electron chi connectivity index (χ4n) is 2.49. The summed E-state index contributed by atoms with van der Waals surface area (Å²) >= 11 is 12.0. The molecule has 3 rings (SSSR count). The second-order valence-corrected chi connectivity index (χ2v) is 6.43. The highest BCUT2D eigenvalue weighted by molar-refractivity contribution is 6.42. The van der Waals surface area contributed by atoms with Gasteiger partial charge in [-0.2, -0.15) is 0 Å². The summed E-state index contributed by atoms with van der Waals surface area (Å²) < 4.78 is 0. The quantitative estimate of drug-likeness (QED) is 0.614. The van der Waals surface area contributed by atoms with E-state index in [1.54, 1.807) is 29.3 Å². The number of pyridine rings is 1. The smallest absolute Gasteiger partial charge is 0.307 e. The van der Waals surface area contributed by atoms with Crippen LogP contribution in [0.5, 0.6) is 0 Å². The molecule has 1 heterocycles. The van der Waals surface area contributed by atoms with Gasteiger partial charge in [-0.1, -0.05) is 47.5 Å². The van der Waals surface area contributed by atoms with Crippen LogP contribution in [0.3, 0.4) is 0 Å². The fourth-order valence-corrected chi connectivity index (χ4v) is 2.79. The fraction of sp³-hybridized carbons (Fsp3) is 0.100. The molecule has 4 nitrogen and oxygen atoms in total. The van der Waals surface area contributed by atoms with E-state index in [-0.39, 0.29) is 6.03 Å². The molecule has 0 saturated carbocycles. The number of nitrogens with zero attached hydrogens (tertiary/aromatic N) is 2. The Morgan fingerprint density at radius 3 is 2.42 bits per heavy atom. The lowest BCUT2D eigenvalue weighted by Crippen LogP contribution is -2.36. The van der Waals surface area contributed by atoms with Crippen LogP contribution in [0.4, 0.5) is 16.2 Å². The molecule has 0 radical (unpaired) electrons. The van der Waals surface area contributed by atoms with Crippen LogP contribution in [-0.4, -0.2) is 17.6 Å². The average molecular weight is 386 g/mol. The van der Waals surface area contributed by atoms with Gasteiger partial charge in [-0.25, -0.2) is 4.79 Å². The number of hydrogen-bond donors (Lipinski definition) is 1. The zero-order valence-corrected chi connectivity index (χ0v) is 15.4. The maximum absolute atomic E-state index is 12.8. The molecule has 6 heteroatoms. The molecule has 0 atom stereocenters. The lowest BCUT2D eigenvalue weighted by atomic mass is 10.2. The molecule has 132 valence electrons. The van der Waals surface area contributed by atoms with E-state index in [1.807, 2.05) is 48.5 Å². The maximum Gasteiger partial charge on any atom is 0.326 e. The minimum atomic E-state index is -0.245. The topological polar surface area (TPSA) is 45.2 Å². The molecule has 0 fully saturated rings. The van der Waals surface area contributed by atoms with Gasteiger partial charge in [0.15, 0.2) is 0 Å². The van der Waals surface area contributed by atoms with Crippen LogP contribution in [0.1, 0.15) is 5.69 Å². The van der Waals surface area contributed by atoms with Gasteiger partial charge in [0.25, 0.3) is 0 Å². The van der Waals surface area contributed by atoms with Crippen molar-refractivity contribution >= 4 is 40.6 Å². The number of hydrogen-bond acceptors (Lipinski definition) is 2. The number of rotatable bonds is 5. The third kappa shape index (κ3) is 4.75. The van der Waals surface area contributed by atoms with Gasteiger partial charge in [0, 0.05) is 36.2 Å². The summed E-state index contributed by atoms with van der Waals surface area (Å²) in [7, 11) is 0. The summed E-state index contributed by atoms with van der Waals surface area (Å²) in [5, 5.41) is 3.71. The van der Waals surface area contributed by atoms with Crippen molar-refractivity contribution in [3.05, 3.63) is 88.7 Å². The molecule has 0 unspecified atom stereocenters. The molecule has 0 bridgehead atoms. The molecule has 0 saturated heterocycles. The predicted octanol–water partition coefficient (Wildman–Crippen LogP) is 5.67. The van der Waals surface area contributed by atoms with Crippen LogP contribution < -0.4 is 10.2 Å². The number of halogens is 2. The first kappa shape index (κ1) is 18.2. The van der Waals surface area contributed by atoms with Crippen LogP contribution in [0.2, 0.25) is 10.0 Å². The predicted molar refractivity (Wildman–Crippen MR) is 107 cm³/mol. The van der Waals surface area contributed by atoms with Crippen LogP contribution in [-0.2, 0) is 6.42 Å². The van der Waals surface area contributed by atoms with Crippen LogP contribution in [0.25, 0.3) is 0 Å². The highest BCUT2D eigenvalue weighted by Gasteiger charge is 2.16. The Labute approximate surface area is 162 Å². The van der Waals surface area contributed by atoms with Crippen LogP contribution in [0.15, 0.2) is 72.9 Å². The zero-order valence-electron chi connectivity index (χ0n) is 13.9. The van der Waals surface area contributed by atoms with E-state index in [4.69, 9.17) is 23.2 Å². The lowest BCUT2D eigenvalue weighted by Gasteiger charge is -2.23. The van der Waals surface area contributed by atoms with Gasteiger partial charge >= 0.3 is 6.03 Å². The molecule has 1 N–H and O–H groups in total.